The highest BCUT2D eigenvalue weighted by molar-refractivity contribution is 7.99. The zero-order valence-corrected chi connectivity index (χ0v) is 20.8. The molecule has 1 aromatic heterocycles. The summed E-state index contributed by atoms with van der Waals surface area (Å²) in [5, 5.41) is 0.210. The van der Waals surface area contributed by atoms with Gasteiger partial charge in [0, 0.05) is 59.2 Å². The van der Waals surface area contributed by atoms with Crippen molar-refractivity contribution in [2.24, 2.45) is 0 Å². The Kier molecular flexibility index (Phi) is 6.27. The number of hydrogen-bond acceptors (Lipinski definition) is 5. The molecule has 0 radical (unpaired) electrons. The fraction of sp³-hybridized carbons (Fsp3) is 0.440. The third kappa shape index (κ3) is 4.15. The van der Waals surface area contributed by atoms with Crippen LogP contribution in [0.5, 0.6) is 0 Å². The molecule has 11 heteroatoms. The number of nitrogens with zero attached hydrogens (tertiary/aromatic N) is 4. The second kappa shape index (κ2) is 9.02. The molecule has 0 bridgehead atoms. The van der Waals surface area contributed by atoms with E-state index in [0.29, 0.717) is 36.8 Å². The van der Waals surface area contributed by atoms with Crippen molar-refractivity contribution in [3.05, 3.63) is 51.9 Å². The quantitative estimate of drug-likeness (QED) is 0.421. The molecule has 2 unspecified atom stereocenters. The molecule has 2 aromatic carbocycles. The molecule has 2 atom stereocenters. The standard InChI is InChI=1S/C25H25F5N4OS/c1-13-11-33(12-14(2)32(13)3)23-17-10-18(25(28,29)30)20(16-6-5-15(26)9-19(16)27)22-21(17)34(24(35)31-23)7-4-8-36-22/h5-6,9-10,13-14H,4,7-8,11-12H2,1-3H3. The molecule has 0 spiro atoms. The molecule has 0 N–H and O–H groups in total. The lowest BCUT2D eigenvalue weighted by Gasteiger charge is -2.43. The van der Waals surface area contributed by atoms with Crippen LogP contribution in [0.4, 0.5) is 27.8 Å². The highest BCUT2D eigenvalue weighted by Gasteiger charge is 2.39. The maximum atomic E-state index is 14.9. The third-order valence-corrected chi connectivity index (χ3v) is 8.32. The molecular formula is C25H25F5N4OS. The first-order chi connectivity index (χ1) is 17.0. The Hall–Kier alpha value is -2.66. The molecule has 2 aliphatic heterocycles. The van der Waals surface area contributed by atoms with E-state index in [4.69, 9.17) is 0 Å². The smallest absolute Gasteiger partial charge is 0.353 e. The van der Waals surface area contributed by atoms with E-state index in [0.717, 1.165) is 30.0 Å². The summed E-state index contributed by atoms with van der Waals surface area (Å²) in [7, 11) is 1.98. The van der Waals surface area contributed by atoms with Crippen molar-refractivity contribution in [3.8, 4) is 11.1 Å². The van der Waals surface area contributed by atoms with Gasteiger partial charge < -0.3 is 4.90 Å². The van der Waals surface area contributed by atoms with Crippen LogP contribution in [0.1, 0.15) is 25.8 Å². The van der Waals surface area contributed by atoms with Crippen molar-refractivity contribution in [1.82, 2.24) is 14.5 Å². The molecular weight excluding hydrogens is 499 g/mol. The molecule has 1 fully saturated rings. The van der Waals surface area contributed by atoms with E-state index >= 15 is 0 Å². The number of aryl methyl sites for hydroxylation is 1. The summed E-state index contributed by atoms with van der Waals surface area (Å²) in [6, 6.07) is 3.70. The first-order valence-electron chi connectivity index (χ1n) is 11.7. The summed E-state index contributed by atoms with van der Waals surface area (Å²) < 4.78 is 73.5. The van der Waals surface area contributed by atoms with Crippen molar-refractivity contribution in [2.75, 3.05) is 30.8 Å². The van der Waals surface area contributed by atoms with Gasteiger partial charge in [0.1, 0.15) is 17.5 Å². The van der Waals surface area contributed by atoms with E-state index in [9.17, 15) is 26.7 Å². The highest BCUT2D eigenvalue weighted by atomic mass is 32.2. The summed E-state index contributed by atoms with van der Waals surface area (Å²) in [5.74, 6) is -1.33. The normalized spacial score (nSPS) is 21.2. The lowest BCUT2D eigenvalue weighted by molar-refractivity contribution is -0.137. The molecule has 2 aliphatic rings. The predicted molar refractivity (Wildman–Crippen MR) is 131 cm³/mol. The van der Waals surface area contributed by atoms with Crippen LogP contribution in [0.25, 0.3) is 22.0 Å². The topological polar surface area (TPSA) is 41.4 Å². The number of alkyl halides is 3. The van der Waals surface area contributed by atoms with Crippen molar-refractivity contribution in [1.29, 1.82) is 0 Å². The minimum Gasteiger partial charge on any atom is -0.353 e. The highest BCUT2D eigenvalue weighted by Crippen LogP contribution is 2.48. The van der Waals surface area contributed by atoms with Gasteiger partial charge in [-0.2, -0.15) is 18.2 Å². The Labute approximate surface area is 208 Å². The van der Waals surface area contributed by atoms with E-state index in [2.05, 4.69) is 9.88 Å². The van der Waals surface area contributed by atoms with E-state index in [1.165, 1.54) is 4.57 Å². The van der Waals surface area contributed by atoms with Crippen LogP contribution < -0.4 is 10.6 Å². The number of halogens is 5. The summed E-state index contributed by atoms with van der Waals surface area (Å²) >= 11 is 1.16. The van der Waals surface area contributed by atoms with Crippen molar-refractivity contribution in [2.45, 2.75) is 50.0 Å². The fourth-order valence-corrected chi connectivity index (χ4v) is 6.34. The van der Waals surface area contributed by atoms with Gasteiger partial charge in [0.25, 0.3) is 0 Å². The molecule has 5 rings (SSSR count). The van der Waals surface area contributed by atoms with E-state index in [-0.39, 0.29) is 45.9 Å². The maximum absolute atomic E-state index is 14.9. The van der Waals surface area contributed by atoms with Gasteiger partial charge in [-0.3, -0.25) is 9.47 Å². The van der Waals surface area contributed by atoms with Gasteiger partial charge in [0.2, 0.25) is 0 Å². The zero-order valence-electron chi connectivity index (χ0n) is 20.0. The SMILES string of the molecule is CC1CN(c2nc(=O)n3c4c(c(-c5ccc(F)cc5F)c(C(F)(F)F)cc24)SCCC3)CC(C)N1C. The monoisotopic (exact) mass is 524 g/mol. The van der Waals surface area contributed by atoms with Crippen LogP contribution in [-0.2, 0) is 12.7 Å². The summed E-state index contributed by atoms with van der Waals surface area (Å²) in [4.78, 5) is 21.7. The molecule has 0 amide bonds. The van der Waals surface area contributed by atoms with Gasteiger partial charge in [-0.25, -0.2) is 13.6 Å². The first-order valence-corrected chi connectivity index (χ1v) is 12.7. The van der Waals surface area contributed by atoms with Crippen LogP contribution >= 0.6 is 11.8 Å². The van der Waals surface area contributed by atoms with Gasteiger partial charge in [0.15, 0.2) is 0 Å². The van der Waals surface area contributed by atoms with Crippen LogP contribution in [0.15, 0.2) is 34.0 Å². The zero-order chi connectivity index (χ0) is 25.9. The molecule has 0 aliphatic carbocycles. The molecule has 36 heavy (non-hydrogen) atoms. The Balaban J connectivity index is 1.89. The fourth-order valence-electron chi connectivity index (χ4n) is 5.14. The van der Waals surface area contributed by atoms with Crippen LogP contribution in [0, 0.1) is 11.6 Å². The average Bonchev–Trinajstić information content (AvgIpc) is 3.03. The molecule has 1 saturated heterocycles. The third-order valence-electron chi connectivity index (χ3n) is 7.14. The average molecular weight is 525 g/mol. The van der Waals surface area contributed by atoms with Crippen LogP contribution in [0.3, 0.4) is 0 Å². The number of rotatable bonds is 2. The summed E-state index contributed by atoms with van der Waals surface area (Å²) in [6.07, 6.45) is -4.29. The summed E-state index contributed by atoms with van der Waals surface area (Å²) in [5.41, 5.74) is -1.99. The van der Waals surface area contributed by atoms with Crippen molar-refractivity contribution in [3.63, 3.8) is 0 Å². The van der Waals surface area contributed by atoms with Gasteiger partial charge in [-0.1, -0.05) is 0 Å². The van der Waals surface area contributed by atoms with Gasteiger partial charge >= 0.3 is 11.9 Å². The number of anilines is 1. The predicted octanol–water partition coefficient (Wildman–Crippen LogP) is 5.39. The molecule has 5 nitrogen and oxygen atoms in total. The Morgan fingerprint density at radius 1 is 1.08 bits per heavy atom. The number of benzene rings is 2. The van der Waals surface area contributed by atoms with Crippen LogP contribution in [0.2, 0.25) is 0 Å². The van der Waals surface area contributed by atoms with E-state index in [1.54, 1.807) is 0 Å². The summed E-state index contributed by atoms with van der Waals surface area (Å²) in [6.45, 7) is 5.29. The number of thioether (sulfide) groups is 1. The minimum absolute atomic E-state index is 0.0900. The van der Waals surface area contributed by atoms with E-state index in [1.807, 2.05) is 25.8 Å². The Morgan fingerprint density at radius 3 is 2.42 bits per heavy atom. The minimum atomic E-state index is -4.82. The Bertz CT molecular complexity index is 1390. The second-order valence-electron chi connectivity index (χ2n) is 9.49. The lowest BCUT2D eigenvalue weighted by atomic mass is 9.95. The van der Waals surface area contributed by atoms with Crippen molar-refractivity contribution < 1.29 is 22.0 Å². The molecule has 192 valence electrons. The second-order valence-corrected chi connectivity index (χ2v) is 10.6. The number of piperazine rings is 1. The first kappa shape index (κ1) is 25.0. The molecule has 0 saturated carbocycles. The van der Waals surface area contributed by atoms with Crippen LogP contribution in [-0.4, -0.2) is 52.4 Å². The number of likely N-dealkylation sites (N-methyl/N-ethyl adjacent to an activating group) is 1. The number of hydrogen-bond donors (Lipinski definition) is 0. The lowest BCUT2D eigenvalue weighted by Crippen LogP contribution is -2.55. The van der Waals surface area contributed by atoms with Gasteiger partial charge in [-0.15, -0.1) is 11.8 Å². The Morgan fingerprint density at radius 2 is 1.78 bits per heavy atom. The molecule has 3 aromatic rings. The number of aromatic nitrogens is 2. The van der Waals surface area contributed by atoms with Crippen molar-refractivity contribution >= 4 is 28.5 Å². The maximum Gasteiger partial charge on any atom is 0.417 e. The largest absolute Gasteiger partial charge is 0.417 e. The van der Waals surface area contributed by atoms with Gasteiger partial charge in [0.05, 0.1) is 11.1 Å². The molecule has 3 heterocycles. The van der Waals surface area contributed by atoms with Gasteiger partial charge in [-0.05, 0) is 51.3 Å². The van der Waals surface area contributed by atoms with E-state index < -0.39 is 29.1 Å².